The lowest BCUT2D eigenvalue weighted by Crippen LogP contribution is -2.48. The largest absolute Gasteiger partial charge is 0.327 e. The van der Waals surface area contributed by atoms with Crippen LogP contribution in [0.15, 0.2) is 0 Å². The third kappa shape index (κ3) is 3.18. The van der Waals surface area contributed by atoms with E-state index in [4.69, 9.17) is 5.73 Å². The van der Waals surface area contributed by atoms with E-state index < -0.39 is 0 Å². The molecule has 1 amide bonds. The van der Waals surface area contributed by atoms with E-state index in [1.807, 2.05) is 0 Å². The molecule has 0 radical (unpaired) electrons. The molecular formula is C16H26N4OS. The number of carbonyl (C=O) groups is 1. The van der Waals surface area contributed by atoms with Gasteiger partial charge in [0, 0.05) is 28.9 Å². The molecule has 2 fully saturated rings. The van der Waals surface area contributed by atoms with Gasteiger partial charge in [-0.2, -0.15) is 4.37 Å². The number of carbonyl (C=O) groups excluding carboxylic acids is 1. The van der Waals surface area contributed by atoms with Crippen LogP contribution in [0.5, 0.6) is 0 Å². The van der Waals surface area contributed by atoms with E-state index in [1.165, 1.54) is 30.8 Å². The van der Waals surface area contributed by atoms with Crippen molar-refractivity contribution >= 4 is 22.6 Å². The van der Waals surface area contributed by atoms with Crippen molar-refractivity contribution in [2.45, 2.75) is 64.3 Å². The summed E-state index contributed by atoms with van der Waals surface area (Å²) in [7, 11) is 0. The van der Waals surface area contributed by atoms with Crippen LogP contribution in [0.4, 0.5) is 5.13 Å². The Morgan fingerprint density at radius 2 is 1.91 bits per heavy atom. The van der Waals surface area contributed by atoms with Crippen LogP contribution in [0.2, 0.25) is 0 Å². The molecule has 0 spiro atoms. The molecular weight excluding hydrogens is 296 g/mol. The maximum Gasteiger partial charge on any atom is 0.229 e. The van der Waals surface area contributed by atoms with Crippen LogP contribution in [0, 0.1) is 17.8 Å². The highest BCUT2D eigenvalue weighted by atomic mass is 32.1. The van der Waals surface area contributed by atoms with Crippen molar-refractivity contribution in [3.63, 3.8) is 0 Å². The predicted octanol–water partition coefficient (Wildman–Crippen LogP) is 2.93. The summed E-state index contributed by atoms with van der Waals surface area (Å²) in [6.45, 7) is 6.22. The molecule has 1 heterocycles. The summed E-state index contributed by atoms with van der Waals surface area (Å²) in [5.41, 5.74) is 6.21. The molecule has 122 valence electrons. The van der Waals surface area contributed by atoms with E-state index in [9.17, 15) is 4.79 Å². The molecule has 2 bridgehead atoms. The molecule has 0 aliphatic heterocycles. The lowest BCUT2D eigenvalue weighted by molar-refractivity contribution is -0.122. The van der Waals surface area contributed by atoms with Crippen LogP contribution >= 0.6 is 11.5 Å². The molecule has 22 heavy (non-hydrogen) atoms. The number of nitrogens with zero attached hydrogens (tertiary/aromatic N) is 2. The lowest BCUT2D eigenvalue weighted by atomic mass is 9.65. The first-order valence-corrected chi connectivity index (χ1v) is 9.02. The average Bonchev–Trinajstić information content (AvgIpc) is 2.86. The highest BCUT2D eigenvalue weighted by Crippen LogP contribution is 2.42. The van der Waals surface area contributed by atoms with E-state index in [1.54, 1.807) is 0 Å². The Balaban J connectivity index is 1.64. The minimum Gasteiger partial charge on any atom is -0.327 e. The number of nitrogens with two attached hydrogens (primary N) is 1. The molecule has 0 saturated heterocycles. The molecule has 6 heteroatoms. The second-order valence-electron chi connectivity index (χ2n) is 7.86. The summed E-state index contributed by atoms with van der Waals surface area (Å²) in [4.78, 5) is 17.0. The normalized spacial score (nSPS) is 31.8. The molecule has 3 rings (SSSR count). The zero-order valence-electron chi connectivity index (χ0n) is 13.6. The SMILES string of the molecule is CC(C)(C)c1nsc(NC(=O)C2CC3CCCC(C2)C3N)n1. The topological polar surface area (TPSA) is 80.9 Å². The van der Waals surface area contributed by atoms with E-state index in [0.717, 1.165) is 18.7 Å². The smallest absolute Gasteiger partial charge is 0.229 e. The molecule has 3 N–H and O–H groups in total. The number of hydrogen-bond donors (Lipinski definition) is 2. The summed E-state index contributed by atoms with van der Waals surface area (Å²) in [6, 6.07) is 0.298. The maximum atomic E-state index is 12.6. The summed E-state index contributed by atoms with van der Waals surface area (Å²) >= 11 is 1.27. The molecule has 2 aliphatic rings. The molecule has 1 aromatic rings. The van der Waals surface area contributed by atoms with Crippen molar-refractivity contribution < 1.29 is 4.79 Å². The number of rotatable bonds is 2. The Labute approximate surface area is 136 Å². The van der Waals surface area contributed by atoms with Gasteiger partial charge in [-0.25, -0.2) is 4.98 Å². The number of nitrogens with one attached hydrogen (secondary N) is 1. The third-order valence-corrected chi connectivity index (χ3v) is 5.74. The predicted molar refractivity (Wildman–Crippen MR) is 88.8 cm³/mol. The van der Waals surface area contributed by atoms with Gasteiger partial charge in [0.05, 0.1) is 0 Å². The number of anilines is 1. The quantitative estimate of drug-likeness (QED) is 0.877. The second kappa shape index (κ2) is 5.89. The molecule has 2 unspecified atom stereocenters. The molecule has 2 aliphatic carbocycles. The zero-order chi connectivity index (χ0) is 15.9. The number of hydrogen-bond acceptors (Lipinski definition) is 5. The first kappa shape index (κ1) is 15.9. The van der Waals surface area contributed by atoms with Crippen LogP contribution in [0.3, 0.4) is 0 Å². The van der Waals surface area contributed by atoms with E-state index >= 15 is 0 Å². The Kier molecular flexibility index (Phi) is 4.25. The van der Waals surface area contributed by atoms with Crippen LogP contribution in [-0.4, -0.2) is 21.3 Å². The van der Waals surface area contributed by atoms with Gasteiger partial charge in [-0.3, -0.25) is 4.79 Å². The average molecular weight is 322 g/mol. The Morgan fingerprint density at radius 3 is 2.45 bits per heavy atom. The number of amides is 1. The van der Waals surface area contributed by atoms with E-state index in [2.05, 4.69) is 35.4 Å². The monoisotopic (exact) mass is 322 g/mol. The summed E-state index contributed by atoms with van der Waals surface area (Å²) < 4.78 is 4.35. The van der Waals surface area contributed by atoms with Crippen LogP contribution in [0.25, 0.3) is 0 Å². The third-order valence-electron chi connectivity index (χ3n) is 5.11. The van der Waals surface area contributed by atoms with Gasteiger partial charge < -0.3 is 11.1 Å². The summed E-state index contributed by atoms with van der Waals surface area (Å²) in [5.74, 6) is 2.00. The van der Waals surface area contributed by atoms with Crippen molar-refractivity contribution in [3.05, 3.63) is 5.82 Å². The van der Waals surface area contributed by atoms with Crippen LogP contribution in [-0.2, 0) is 10.2 Å². The van der Waals surface area contributed by atoms with Gasteiger partial charge in [-0.05, 0) is 37.5 Å². The van der Waals surface area contributed by atoms with Gasteiger partial charge >= 0.3 is 0 Å². The fourth-order valence-corrected chi connectivity index (χ4v) is 4.55. The lowest BCUT2D eigenvalue weighted by Gasteiger charge is -2.43. The Hall–Kier alpha value is -1.01. The van der Waals surface area contributed by atoms with Crippen molar-refractivity contribution in [3.8, 4) is 0 Å². The van der Waals surface area contributed by atoms with Gasteiger partial charge in [-0.15, -0.1) is 0 Å². The van der Waals surface area contributed by atoms with Crippen LogP contribution < -0.4 is 11.1 Å². The number of aromatic nitrogens is 2. The van der Waals surface area contributed by atoms with Gasteiger partial charge in [-0.1, -0.05) is 27.2 Å². The molecule has 2 atom stereocenters. The first-order chi connectivity index (χ1) is 10.3. The molecule has 2 saturated carbocycles. The highest BCUT2D eigenvalue weighted by molar-refractivity contribution is 7.09. The van der Waals surface area contributed by atoms with Crippen molar-refractivity contribution in [2.24, 2.45) is 23.5 Å². The van der Waals surface area contributed by atoms with Gasteiger partial charge in [0.1, 0.15) is 5.82 Å². The van der Waals surface area contributed by atoms with Crippen molar-refractivity contribution in [2.75, 3.05) is 5.32 Å². The molecule has 0 aromatic carbocycles. The van der Waals surface area contributed by atoms with Crippen molar-refractivity contribution in [1.29, 1.82) is 0 Å². The number of fused-ring (bicyclic) bond motifs is 2. The van der Waals surface area contributed by atoms with Crippen molar-refractivity contribution in [1.82, 2.24) is 9.36 Å². The van der Waals surface area contributed by atoms with E-state index in [0.29, 0.717) is 23.0 Å². The highest BCUT2D eigenvalue weighted by Gasteiger charge is 2.40. The first-order valence-electron chi connectivity index (χ1n) is 8.25. The fraction of sp³-hybridized carbons (Fsp3) is 0.812. The maximum absolute atomic E-state index is 12.6. The minimum atomic E-state index is -0.0892. The Morgan fingerprint density at radius 1 is 1.27 bits per heavy atom. The Bertz CT molecular complexity index is 537. The summed E-state index contributed by atoms with van der Waals surface area (Å²) in [6.07, 6.45) is 5.47. The van der Waals surface area contributed by atoms with Gasteiger partial charge in [0.15, 0.2) is 0 Å². The second-order valence-corrected chi connectivity index (χ2v) is 8.61. The zero-order valence-corrected chi connectivity index (χ0v) is 14.4. The summed E-state index contributed by atoms with van der Waals surface area (Å²) in [5, 5.41) is 3.59. The standard InChI is InChI=1S/C16H26N4OS/c1-16(2,3)14-19-15(22-20-14)18-13(21)11-7-9-5-4-6-10(8-11)12(9)17/h9-12H,4-8,17H2,1-3H3,(H,18,19,20,21). The molecule has 5 nitrogen and oxygen atoms in total. The van der Waals surface area contributed by atoms with Crippen LogP contribution in [0.1, 0.15) is 58.7 Å². The van der Waals surface area contributed by atoms with Gasteiger partial charge in [0.25, 0.3) is 0 Å². The minimum absolute atomic E-state index is 0.0806. The van der Waals surface area contributed by atoms with E-state index in [-0.39, 0.29) is 17.2 Å². The fourth-order valence-electron chi connectivity index (χ4n) is 3.79. The van der Waals surface area contributed by atoms with Gasteiger partial charge in [0.2, 0.25) is 11.0 Å². The molecule has 1 aromatic heterocycles.